The van der Waals surface area contributed by atoms with Crippen LogP contribution in [0, 0.1) is 6.92 Å². The smallest absolute Gasteiger partial charge is 0.365 e. The normalized spacial score (nSPS) is 23.4. The zero-order valence-corrected chi connectivity index (χ0v) is 17.2. The number of esters is 1. The zero-order chi connectivity index (χ0) is 21.3. The lowest BCUT2D eigenvalue weighted by Crippen LogP contribution is -2.30. The number of aliphatic hydroxyl groups excluding tert-OH is 1. The van der Waals surface area contributed by atoms with E-state index in [0.29, 0.717) is 16.9 Å². The molecule has 3 rings (SSSR count). The third kappa shape index (κ3) is 4.75. The van der Waals surface area contributed by atoms with Crippen LogP contribution in [0.3, 0.4) is 0 Å². The van der Waals surface area contributed by atoms with Crippen LogP contribution in [0.4, 0.5) is 0 Å². The first-order chi connectivity index (χ1) is 13.6. The van der Waals surface area contributed by atoms with Crippen molar-refractivity contribution < 1.29 is 38.5 Å². The minimum Gasteiger partial charge on any atom is -0.464 e. The summed E-state index contributed by atoms with van der Waals surface area (Å²) in [5, 5.41) is 10.4. The summed E-state index contributed by atoms with van der Waals surface area (Å²) in [6.07, 6.45) is -1.08. The summed E-state index contributed by atoms with van der Waals surface area (Å²) in [7, 11) is -4.90. The number of ether oxygens (including phenoxy) is 3. The number of fused-ring (bicyclic) bond motifs is 1. The molecule has 160 valence electrons. The number of aryl methyl sites for hydroxylation is 1. The molecular weight excluding hydrogens is 431 g/mol. The second-order valence-electron chi connectivity index (χ2n) is 6.38. The van der Waals surface area contributed by atoms with Gasteiger partial charge in [0.15, 0.2) is 11.9 Å². The number of aromatic nitrogens is 4. The fourth-order valence-corrected chi connectivity index (χ4v) is 3.85. The van der Waals surface area contributed by atoms with Gasteiger partial charge in [-0.2, -0.15) is 4.98 Å². The Hall–Kier alpha value is -1.66. The van der Waals surface area contributed by atoms with Crippen molar-refractivity contribution in [3.05, 3.63) is 17.3 Å². The SMILES string of the molecule is CCOC(=O)C(OCC1CC(O)C(n2cnc3c(C)nc(Cl)nc32)O1)P(=O)(O)O. The van der Waals surface area contributed by atoms with Gasteiger partial charge >= 0.3 is 13.6 Å². The summed E-state index contributed by atoms with van der Waals surface area (Å²) in [6.45, 7) is 2.82. The maximum Gasteiger partial charge on any atom is 0.365 e. The first-order valence-corrected chi connectivity index (χ1v) is 10.7. The van der Waals surface area contributed by atoms with E-state index in [9.17, 15) is 24.3 Å². The van der Waals surface area contributed by atoms with Crippen LogP contribution < -0.4 is 0 Å². The third-order valence-electron chi connectivity index (χ3n) is 4.24. The van der Waals surface area contributed by atoms with Crippen molar-refractivity contribution in [3.63, 3.8) is 0 Å². The van der Waals surface area contributed by atoms with Gasteiger partial charge in [0.2, 0.25) is 5.28 Å². The van der Waals surface area contributed by atoms with Gasteiger partial charge in [-0.15, -0.1) is 0 Å². The number of carbonyl (C=O) groups is 1. The lowest BCUT2D eigenvalue weighted by molar-refractivity contribution is -0.154. The summed E-state index contributed by atoms with van der Waals surface area (Å²) in [4.78, 5) is 42.8. The van der Waals surface area contributed by atoms with Gasteiger partial charge in [-0.1, -0.05) is 0 Å². The molecule has 0 bridgehead atoms. The lowest BCUT2D eigenvalue weighted by atomic mass is 10.2. The Labute approximate surface area is 169 Å². The lowest BCUT2D eigenvalue weighted by Gasteiger charge is -2.20. The molecule has 1 saturated heterocycles. The number of carbonyl (C=O) groups excluding carboxylic acids is 1. The molecule has 1 fully saturated rings. The van der Waals surface area contributed by atoms with Crippen LogP contribution in [0.5, 0.6) is 0 Å². The fourth-order valence-electron chi connectivity index (χ4n) is 3.01. The first-order valence-electron chi connectivity index (χ1n) is 8.65. The minimum absolute atomic E-state index is 0.0167. The van der Waals surface area contributed by atoms with Gasteiger partial charge < -0.3 is 29.1 Å². The molecule has 12 nitrogen and oxygen atoms in total. The van der Waals surface area contributed by atoms with Crippen LogP contribution in [0.25, 0.3) is 11.2 Å². The van der Waals surface area contributed by atoms with E-state index in [1.165, 1.54) is 17.8 Å². The Bertz CT molecular complexity index is 950. The van der Waals surface area contributed by atoms with Crippen LogP contribution in [0.1, 0.15) is 25.3 Å². The average molecular weight is 451 g/mol. The second-order valence-corrected chi connectivity index (χ2v) is 8.37. The van der Waals surface area contributed by atoms with E-state index in [1.807, 2.05) is 0 Å². The number of halogens is 1. The Balaban J connectivity index is 1.73. The monoisotopic (exact) mass is 450 g/mol. The third-order valence-corrected chi connectivity index (χ3v) is 5.38. The maximum absolute atomic E-state index is 11.8. The molecule has 29 heavy (non-hydrogen) atoms. The molecule has 0 aliphatic carbocycles. The molecule has 14 heteroatoms. The zero-order valence-electron chi connectivity index (χ0n) is 15.5. The number of nitrogens with zero attached hydrogens (tertiary/aromatic N) is 4. The Morgan fingerprint density at radius 3 is 2.86 bits per heavy atom. The quantitative estimate of drug-likeness (QED) is 0.305. The largest absolute Gasteiger partial charge is 0.464 e. The van der Waals surface area contributed by atoms with Gasteiger partial charge in [-0.05, 0) is 25.4 Å². The van der Waals surface area contributed by atoms with Gasteiger partial charge in [-0.25, -0.2) is 14.8 Å². The number of hydrogen-bond acceptors (Lipinski definition) is 9. The van der Waals surface area contributed by atoms with Gasteiger partial charge in [-0.3, -0.25) is 9.13 Å². The van der Waals surface area contributed by atoms with Crippen LogP contribution in [-0.2, 0) is 23.6 Å². The van der Waals surface area contributed by atoms with Crippen LogP contribution >= 0.6 is 19.2 Å². The van der Waals surface area contributed by atoms with Crippen molar-refractivity contribution in [2.45, 2.75) is 44.5 Å². The molecule has 0 aromatic carbocycles. The van der Waals surface area contributed by atoms with E-state index in [-0.39, 0.29) is 24.9 Å². The Kier molecular flexibility index (Phi) is 6.54. The van der Waals surface area contributed by atoms with Crippen molar-refractivity contribution in [1.29, 1.82) is 0 Å². The first kappa shape index (κ1) is 22.0. The van der Waals surface area contributed by atoms with E-state index in [1.54, 1.807) is 6.92 Å². The van der Waals surface area contributed by atoms with Crippen molar-refractivity contribution in [2.24, 2.45) is 0 Å². The Morgan fingerprint density at radius 2 is 2.21 bits per heavy atom. The van der Waals surface area contributed by atoms with Crippen molar-refractivity contribution >= 4 is 36.3 Å². The molecule has 4 atom stereocenters. The molecule has 0 amide bonds. The van der Waals surface area contributed by atoms with Crippen LogP contribution in [0.15, 0.2) is 6.33 Å². The molecule has 4 unspecified atom stereocenters. The predicted octanol–water partition coefficient (Wildman–Crippen LogP) is 0.520. The van der Waals surface area contributed by atoms with Gasteiger partial charge in [0, 0.05) is 6.42 Å². The summed E-state index contributed by atoms with van der Waals surface area (Å²) >= 11 is 5.90. The molecule has 3 N–H and O–H groups in total. The molecule has 0 radical (unpaired) electrons. The molecular formula is C15H20ClN4O8P. The van der Waals surface area contributed by atoms with Crippen molar-refractivity contribution in [3.8, 4) is 0 Å². The molecule has 2 aromatic rings. The van der Waals surface area contributed by atoms with E-state index in [2.05, 4.69) is 19.7 Å². The molecule has 1 aliphatic rings. The minimum atomic E-state index is -4.90. The van der Waals surface area contributed by atoms with E-state index in [0.717, 1.165) is 0 Å². The van der Waals surface area contributed by atoms with E-state index < -0.39 is 37.8 Å². The van der Waals surface area contributed by atoms with Crippen molar-refractivity contribution in [2.75, 3.05) is 13.2 Å². The summed E-state index contributed by atoms with van der Waals surface area (Å²) in [5.74, 6) is -3.23. The summed E-state index contributed by atoms with van der Waals surface area (Å²) < 4.78 is 28.5. The second kappa shape index (κ2) is 8.60. The van der Waals surface area contributed by atoms with Crippen molar-refractivity contribution in [1.82, 2.24) is 19.5 Å². The number of imidazole rings is 1. The van der Waals surface area contributed by atoms with E-state index in [4.69, 9.17) is 21.1 Å². The van der Waals surface area contributed by atoms with Gasteiger partial charge in [0.05, 0.1) is 31.3 Å². The van der Waals surface area contributed by atoms with Crippen LogP contribution in [-0.4, -0.2) is 71.6 Å². The number of hydrogen-bond donors (Lipinski definition) is 3. The standard InChI is InChI=1S/C15H20ClN4O8P/c1-3-26-13(22)14(29(23,24)25)27-5-8-4-9(21)12(28-8)20-6-17-10-7(2)18-15(16)19-11(10)20/h6,8-9,12,14,21H,3-5H2,1-2H3,(H2,23,24,25). The highest BCUT2D eigenvalue weighted by atomic mass is 35.5. The highest BCUT2D eigenvalue weighted by Crippen LogP contribution is 2.43. The Morgan fingerprint density at radius 1 is 1.48 bits per heavy atom. The molecule has 3 heterocycles. The molecule has 2 aromatic heterocycles. The fraction of sp³-hybridized carbons (Fsp3) is 0.600. The molecule has 0 spiro atoms. The van der Waals surface area contributed by atoms with Gasteiger partial charge in [0.1, 0.15) is 11.6 Å². The average Bonchev–Trinajstić information content (AvgIpc) is 3.17. The van der Waals surface area contributed by atoms with E-state index >= 15 is 0 Å². The molecule has 0 saturated carbocycles. The molecule has 1 aliphatic heterocycles. The summed E-state index contributed by atoms with van der Waals surface area (Å²) in [5.41, 5.74) is 1.42. The maximum atomic E-state index is 11.8. The summed E-state index contributed by atoms with van der Waals surface area (Å²) in [6, 6.07) is 0. The van der Waals surface area contributed by atoms with Crippen LogP contribution in [0.2, 0.25) is 5.28 Å². The highest BCUT2D eigenvalue weighted by molar-refractivity contribution is 7.53. The number of rotatable bonds is 7. The highest BCUT2D eigenvalue weighted by Gasteiger charge is 2.41. The topological polar surface area (TPSA) is 166 Å². The van der Waals surface area contributed by atoms with Gasteiger partial charge in [0.25, 0.3) is 5.85 Å². The predicted molar refractivity (Wildman–Crippen MR) is 98.0 cm³/mol. The number of aliphatic hydroxyl groups is 1.